The minimum absolute atomic E-state index is 0.117. The van der Waals surface area contributed by atoms with E-state index in [9.17, 15) is 0 Å². The predicted octanol–water partition coefficient (Wildman–Crippen LogP) is 6.22. The van der Waals surface area contributed by atoms with Crippen LogP contribution in [0.4, 0.5) is 17.1 Å². The molecule has 0 amide bonds. The molecule has 11 rings (SSSR count). The van der Waals surface area contributed by atoms with Gasteiger partial charge in [-0.25, -0.2) is 0 Å². The molecule has 0 atom stereocenters. The molecule has 5 heteroatoms. The third-order valence-corrected chi connectivity index (χ3v) is 12.5. The highest BCUT2D eigenvalue weighted by molar-refractivity contribution is 7.03. The molecule has 0 bridgehead atoms. The van der Waals surface area contributed by atoms with Gasteiger partial charge < -0.3 is 4.90 Å². The van der Waals surface area contributed by atoms with Gasteiger partial charge in [0.15, 0.2) is 0 Å². The van der Waals surface area contributed by atoms with Gasteiger partial charge in [-0.15, -0.1) is 0 Å². The second-order valence-corrected chi connectivity index (χ2v) is 15.8. The van der Waals surface area contributed by atoms with Gasteiger partial charge in [0.2, 0.25) is 13.4 Å². The summed E-state index contributed by atoms with van der Waals surface area (Å²) in [6.07, 6.45) is 3.87. The Balaban J connectivity index is 1.25. The van der Waals surface area contributed by atoms with Crippen LogP contribution in [0, 0.1) is 0 Å². The number of anilines is 3. The molecule has 4 aliphatic heterocycles. The Morgan fingerprint density at radius 1 is 0.471 bits per heavy atom. The zero-order valence-electron chi connectivity index (χ0n) is 29.3. The van der Waals surface area contributed by atoms with E-state index in [0.717, 1.165) is 17.0 Å². The Kier molecular flexibility index (Phi) is 5.69. The van der Waals surface area contributed by atoms with E-state index in [2.05, 4.69) is 147 Å². The van der Waals surface area contributed by atoms with Gasteiger partial charge in [0.25, 0.3) is 0 Å². The molecule has 240 valence electrons. The van der Waals surface area contributed by atoms with Gasteiger partial charge in [0, 0.05) is 45.8 Å². The third kappa shape index (κ3) is 3.71. The fourth-order valence-electron chi connectivity index (χ4n) is 10.2. The Morgan fingerprint density at radius 2 is 1.00 bits per heavy atom. The second-order valence-electron chi connectivity index (χ2n) is 15.8. The summed E-state index contributed by atoms with van der Waals surface area (Å²) in [5.41, 5.74) is 21.9. The van der Waals surface area contributed by atoms with E-state index in [1.165, 1.54) is 77.7 Å². The first-order chi connectivity index (χ1) is 24.8. The van der Waals surface area contributed by atoms with Crippen LogP contribution in [0.1, 0.15) is 49.9 Å². The monoisotopic (exact) mass is 651 g/mol. The van der Waals surface area contributed by atoms with Crippen LogP contribution in [0.15, 0.2) is 140 Å². The van der Waals surface area contributed by atoms with Crippen LogP contribution in [0.3, 0.4) is 0 Å². The minimum Gasteiger partial charge on any atom is -0.313 e. The first-order valence-electron chi connectivity index (χ1n) is 18.2. The lowest BCUT2D eigenvalue weighted by molar-refractivity contribution is 0.645. The van der Waals surface area contributed by atoms with Gasteiger partial charge in [0.1, 0.15) is 0 Å². The van der Waals surface area contributed by atoms with Crippen molar-refractivity contribution in [3.05, 3.63) is 162 Å². The van der Waals surface area contributed by atoms with E-state index in [0.29, 0.717) is 0 Å². The van der Waals surface area contributed by atoms with E-state index in [4.69, 9.17) is 4.98 Å². The molecule has 6 heterocycles. The highest BCUT2D eigenvalue weighted by Gasteiger charge is 2.51. The van der Waals surface area contributed by atoms with Crippen LogP contribution in [0.5, 0.6) is 0 Å². The van der Waals surface area contributed by atoms with E-state index < -0.39 is 0 Å². The number of hydrogen-bond acceptors (Lipinski definition) is 3. The van der Waals surface area contributed by atoms with Crippen molar-refractivity contribution in [1.29, 1.82) is 0 Å². The maximum Gasteiger partial charge on any atom is 0.247 e. The molecule has 0 N–H and O–H groups in total. The summed E-state index contributed by atoms with van der Waals surface area (Å²) >= 11 is 0. The molecule has 7 aromatic rings. The average molecular weight is 651 g/mol. The first-order valence-corrected chi connectivity index (χ1v) is 18.2. The van der Waals surface area contributed by atoms with Crippen LogP contribution in [-0.4, -0.2) is 23.4 Å². The maximum atomic E-state index is 4.96. The van der Waals surface area contributed by atoms with Crippen molar-refractivity contribution >= 4 is 63.3 Å². The summed E-state index contributed by atoms with van der Waals surface area (Å²) in [4.78, 5) is 12.2. The van der Waals surface area contributed by atoms with Crippen molar-refractivity contribution in [2.75, 3.05) is 4.90 Å². The molecular weight excluding hydrogens is 616 g/mol. The number of rotatable bonds is 2. The van der Waals surface area contributed by atoms with Crippen molar-refractivity contribution in [2.24, 2.45) is 0 Å². The normalized spacial score (nSPS) is 16.0. The van der Waals surface area contributed by atoms with Crippen molar-refractivity contribution < 1.29 is 0 Å². The van der Waals surface area contributed by atoms with Gasteiger partial charge in [-0.2, -0.15) is 0 Å². The number of aromatic nitrogens is 2. The summed E-state index contributed by atoms with van der Waals surface area (Å²) < 4.78 is 0. The molecule has 4 aliphatic rings. The topological polar surface area (TPSA) is 29.0 Å². The molecule has 0 fully saturated rings. The molecule has 0 unspecified atom stereocenters. The number of benzene rings is 5. The lowest BCUT2D eigenvalue weighted by atomic mass is 9.26. The summed E-state index contributed by atoms with van der Waals surface area (Å²) in [5.74, 6) is 0. The Morgan fingerprint density at radius 3 is 1.53 bits per heavy atom. The smallest absolute Gasteiger partial charge is 0.247 e. The quantitative estimate of drug-likeness (QED) is 0.208. The molecule has 0 aliphatic carbocycles. The Labute approximate surface area is 300 Å². The summed E-state index contributed by atoms with van der Waals surface area (Å²) in [6.45, 7) is 9.84. The number of pyridine rings is 2. The fraction of sp³-hybridized carbons (Fsp3) is 0.130. The number of fused-ring (bicyclic) bond motifs is 8. The van der Waals surface area contributed by atoms with E-state index in [1.54, 1.807) is 0 Å². The fourth-order valence-corrected chi connectivity index (χ4v) is 10.2. The molecule has 0 saturated heterocycles. The molecule has 3 nitrogen and oxygen atoms in total. The van der Waals surface area contributed by atoms with Crippen molar-refractivity contribution in [3.8, 4) is 22.5 Å². The summed E-state index contributed by atoms with van der Waals surface area (Å²) in [7, 11) is 0. The van der Waals surface area contributed by atoms with Crippen molar-refractivity contribution in [2.45, 2.75) is 38.5 Å². The molecule has 0 spiro atoms. The predicted molar refractivity (Wildman–Crippen MR) is 214 cm³/mol. The van der Waals surface area contributed by atoms with Gasteiger partial charge in [-0.05, 0) is 80.0 Å². The third-order valence-electron chi connectivity index (χ3n) is 12.5. The van der Waals surface area contributed by atoms with Gasteiger partial charge in [0.05, 0.1) is 11.4 Å². The molecule has 0 radical (unpaired) electrons. The molecule has 5 aromatic carbocycles. The zero-order valence-corrected chi connectivity index (χ0v) is 29.3. The van der Waals surface area contributed by atoms with Crippen LogP contribution in [0.2, 0.25) is 0 Å². The first kappa shape index (κ1) is 29.1. The Hall–Kier alpha value is -5.67. The van der Waals surface area contributed by atoms with Gasteiger partial charge in [-0.3, -0.25) is 9.97 Å². The van der Waals surface area contributed by atoms with Gasteiger partial charge in [-0.1, -0.05) is 136 Å². The van der Waals surface area contributed by atoms with Crippen molar-refractivity contribution in [3.63, 3.8) is 0 Å². The standard InChI is InChI=1S/C46H35B2N3/c1-45(2)30-13-5-7-17-34(30)47-36-25-29(28-22-23-39(50-27-28)38-19-9-10-24-49-38)26-37-44(36)51(40-20-11-15-32(45)42(40)47)41-21-12-16-33-43(41)48(37)35-18-8-6-14-31(35)46(33,3)4/h5-27H,1-4H3. The average Bonchev–Trinajstić information content (AvgIpc) is 3.17. The Bertz CT molecular complexity index is 2470. The summed E-state index contributed by atoms with van der Waals surface area (Å²) in [6, 6.07) is 47.7. The SMILES string of the molecule is CC1(C)c2ccccc2B2c3cc(-c4ccc(-c5ccccn5)nc4)cc4c3N(c3cccc1c32)c1cccc2c1B4c1ccccc1C2(C)C. The maximum absolute atomic E-state index is 4.96. The van der Waals surface area contributed by atoms with Crippen molar-refractivity contribution in [1.82, 2.24) is 9.97 Å². The molecule has 0 saturated carbocycles. The molecule has 2 aromatic heterocycles. The largest absolute Gasteiger partial charge is 0.313 e. The van der Waals surface area contributed by atoms with Gasteiger partial charge >= 0.3 is 0 Å². The van der Waals surface area contributed by atoms with E-state index in [-0.39, 0.29) is 24.3 Å². The lowest BCUT2D eigenvalue weighted by Crippen LogP contribution is -2.70. The highest BCUT2D eigenvalue weighted by Crippen LogP contribution is 2.46. The van der Waals surface area contributed by atoms with Crippen LogP contribution < -0.4 is 37.7 Å². The minimum atomic E-state index is -0.128. The molecular formula is C46H35B2N3. The molecule has 51 heavy (non-hydrogen) atoms. The zero-order chi connectivity index (χ0) is 34.2. The summed E-state index contributed by atoms with van der Waals surface area (Å²) in [5, 5.41) is 0. The number of hydrogen-bond donors (Lipinski definition) is 0. The van der Waals surface area contributed by atoms with Crippen LogP contribution in [0.25, 0.3) is 22.5 Å². The van der Waals surface area contributed by atoms with Crippen LogP contribution >= 0.6 is 0 Å². The number of nitrogens with zero attached hydrogens (tertiary/aromatic N) is 3. The van der Waals surface area contributed by atoms with Crippen LogP contribution in [-0.2, 0) is 10.8 Å². The lowest BCUT2D eigenvalue weighted by Gasteiger charge is -2.50. The van der Waals surface area contributed by atoms with E-state index >= 15 is 0 Å². The van der Waals surface area contributed by atoms with E-state index in [1.807, 2.05) is 30.6 Å². The highest BCUT2D eigenvalue weighted by atomic mass is 15.2. The second kappa shape index (κ2) is 9.98.